The lowest BCUT2D eigenvalue weighted by molar-refractivity contribution is -0.138. The minimum atomic E-state index is -1.41. The van der Waals surface area contributed by atoms with Crippen LogP contribution in [0, 0.1) is 17.5 Å². The van der Waals surface area contributed by atoms with Gasteiger partial charge in [0.25, 0.3) is 0 Å². The van der Waals surface area contributed by atoms with E-state index >= 15 is 0 Å². The predicted octanol–water partition coefficient (Wildman–Crippen LogP) is 3.66. The molecule has 0 radical (unpaired) electrons. The van der Waals surface area contributed by atoms with Gasteiger partial charge in [0.1, 0.15) is 11.4 Å². The molecular weight excluding hydrogens is 335 g/mol. The summed E-state index contributed by atoms with van der Waals surface area (Å²) in [7, 11) is 0. The number of carbonyl (C=O) groups is 2. The van der Waals surface area contributed by atoms with Crippen molar-refractivity contribution in [1.29, 1.82) is 0 Å². The molecular formula is C18H20F3NO3. The maximum atomic E-state index is 13.9. The topological polar surface area (TPSA) is 55.4 Å². The zero-order valence-electron chi connectivity index (χ0n) is 14.1. The average molecular weight is 355 g/mol. The third kappa shape index (κ3) is 4.41. The van der Waals surface area contributed by atoms with E-state index < -0.39 is 40.3 Å². The molecule has 2 rings (SSSR count). The summed E-state index contributed by atoms with van der Waals surface area (Å²) in [5.41, 5.74) is -0.882. The smallest absolute Gasteiger partial charge is 0.343 e. The standard InChI is InChI=1S/C18H20F3NO3/c1-3-25-18(24)16(10(2)22-11-6-4-5-7-11)17(23)12-8-14(20)15(21)9-13(12)19/h8-9,11,22H,3-7H2,1-2H3/b16-10-. The molecule has 0 atom stereocenters. The molecule has 0 amide bonds. The van der Waals surface area contributed by atoms with Crippen LogP contribution in [0.3, 0.4) is 0 Å². The third-order valence-corrected chi connectivity index (χ3v) is 4.11. The summed E-state index contributed by atoms with van der Waals surface area (Å²) in [6, 6.07) is 0.840. The Labute approximate surface area is 144 Å². The molecule has 25 heavy (non-hydrogen) atoms. The molecule has 1 aromatic rings. The van der Waals surface area contributed by atoms with Gasteiger partial charge in [0.05, 0.1) is 12.2 Å². The summed E-state index contributed by atoms with van der Waals surface area (Å²) in [4.78, 5) is 24.8. The van der Waals surface area contributed by atoms with Gasteiger partial charge in [0.15, 0.2) is 11.6 Å². The fourth-order valence-corrected chi connectivity index (χ4v) is 2.90. The minimum Gasteiger partial charge on any atom is -0.462 e. The summed E-state index contributed by atoms with van der Waals surface area (Å²) in [6.45, 7) is 3.10. The molecule has 0 spiro atoms. The number of benzene rings is 1. The number of nitrogens with one attached hydrogen (secondary N) is 1. The van der Waals surface area contributed by atoms with Gasteiger partial charge in [-0.05, 0) is 32.8 Å². The monoisotopic (exact) mass is 355 g/mol. The van der Waals surface area contributed by atoms with Gasteiger partial charge in [-0.15, -0.1) is 0 Å². The van der Waals surface area contributed by atoms with E-state index in [2.05, 4.69) is 5.32 Å². The molecule has 1 saturated carbocycles. The first kappa shape index (κ1) is 19.0. The molecule has 0 aromatic heterocycles. The van der Waals surface area contributed by atoms with E-state index in [0.29, 0.717) is 6.07 Å². The van der Waals surface area contributed by atoms with Crippen LogP contribution in [0.15, 0.2) is 23.4 Å². The van der Waals surface area contributed by atoms with Gasteiger partial charge < -0.3 is 10.1 Å². The summed E-state index contributed by atoms with van der Waals surface area (Å²) in [5.74, 6) is -5.98. The van der Waals surface area contributed by atoms with Crippen molar-refractivity contribution < 1.29 is 27.5 Å². The Bertz CT molecular complexity index is 710. The molecule has 0 saturated heterocycles. The SMILES string of the molecule is CCOC(=O)/C(C(=O)c1cc(F)c(F)cc1F)=C(/C)NC1CCCC1. The summed E-state index contributed by atoms with van der Waals surface area (Å²) in [5, 5.41) is 3.08. The zero-order chi connectivity index (χ0) is 18.6. The van der Waals surface area contributed by atoms with Crippen LogP contribution in [0.5, 0.6) is 0 Å². The first-order chi connectivity index (χ1) is 11.8. The van der Waals surface area contributed by atoms with Gasteiger partial charge in [-0.25, -0.2) is 18.0 Å². The average Bonchev–Trinajstić information content (AvgIpc) is 3.04. The van der Waals surface area contributed by atoms with Gasteiger partial charge in [-0.1, -0.05) is 12.8 Å². The number of halogens is 3. The second-order valence-corrected chi connectivity index (χ2v) is 5.92. The number of ketones is 1. The number of rotatable bonds is 6. The van der Waals surface area contributed by atoms with Crippen LogP contribution in [-0.2, 0) is 9.53 Å². The van der Waals surface area contributed by atoms with Crippen molar-refractivity contribution in [2.24, 2.45) is 0 Å². The van der Waals surface area contributed by atoms with E-state index in [-0.39, 0.29) is 24.4 Å². The van der Waals surface area contributed by atoms with E-state index in [0.717, 1.165) is 25.7 Å². The molecule has 1 aliphatic carbocycles. The normalized spacial score (nSPS) is 15.7. The highest BCUT2D eigenvalue weighted by molar-refractivity contribution is 6.24. The first-order valence-electron chi connectivity index (χ1n) is 8.18. The molecule has 4 nitrogen and oxygen atoms in total. The van der Waals surface area contributed by atoms with Gasteiger partial charge in [-0.3, -0.25) is 4.79 Å². The molecule has 136 valence electrons. The summed E-state index contributed by atoms with van der Waals surface area (Å²) < 4.78 is 45.3. The molecule has 0 aliphatic heterocycles. The lowest BCUT2D eigenvalue weighted by atomic mass is 10.0. The molecule has 7 heteroatoms. The van der Waals surface area contributed by atoms with Crippen LogP contribution >= 0.6 is 0 Å². The van der Waals surface area contributed by atoms with Crippen LogP contribution in [-0.4, -0.2) is 24.4 Å². The zero-order valence-corrected chi connectivity index (χ0v) is 14.1. The second kappa shape index (κ2) is 8.18. The molecule has 0 bridgehead atoms. The van der Waals surface area contributed by atoms with Crippen LogP contribution in [0.1, 0.15) is 49.9 Å². The fourth-order valence-electron chi connectivity index (χ4n) is 2.90. The molecule has 1 aromatic carbocycles. The fraction of sp³-hybridized carbons (Fsp3) is 0.444. The number of carbonyl (C=O) groups excluding carboxylic acids is 2. The Hall–Kier alpha value is -2.31. The molecule has 0 unspecified atom stereocenters. The highest BCUT2D eigenvalue weighted by Crippen LogP contribution is 2.22. The molecule has 1 fully saturated rings. The van der Waals surface area contributed by atoms with Gasteiger partial charge >= 0.3 is 5.97 Å². The largest absolute Gasteiger partial charge is 0.462 e. The minimum absolute atomic E-state index is 0.0204. The van der Waals surface area contributed by atoms with Crippen molar-refractivity contribution in [1.82, 2.24) is 5.32 Å². The van der Waals surface area contributed by atoms with Crippen LogP contribution < -0.4 is 5.32 Å². The van der Waals surface area contributed by atoms with E-state index in [1.165, 1.54) is 6.92 Å². The third-order valence-electron chi connectivity index (χ3n) is 4.11. The number of ether oxygens (including phenoxy) is 1. The maximum Gasteiger partial charge on any atom is 0.343 e. The van der Waals surface area contributed by atoms with E-state index in [1.54, 1.807) is 6.92 Å². The molecule has 0 heterocycles. The first-order valence-corrected chi connectivity index (χ1v) is 8.18. The van der Waals surface area contributed by atoms with Crippen molar-refractivity contribution >= 4 is 11.8 Å². The Morgan fingerprint density at radius 3 is 2.32 bits per heavy atom. The molecule has 1 N–H and O–H groups in total. The lowest BCUT2D eigenvalue weighted by Crippen LogP contribution is -2.29. The van der Waals surface area contributed by atoms with Gasteiger partial charge in [-0.2, -0.15) is 0 Å². The van der Waals surface area contributed by atoms with Crippen LogP contribution in [0.4, 0.5) is 13.2 Å². The summed E-state index contributed by atoms with van der Waals surface area (Å²) >= 11 is 0. The highest BCUT2D eigenvalue weighted by Gasteiger charge is 2.28. The van der Waals surface area contributed by atoms with E-state index in [4.69, 9.17) is 4.74 Å². The Kier molecular flexibility index (Phi) is 6.22. The summed E-state index contributed by atoms with van der Waals surface area (Å²) in [6.07, 6.45) is 3.85. The lowest BCUT2D eigenvalue weighted by Gasteiger charge is -2.17. The Morgan fingerprint density at radius 2 is 1.72 bits per heavy atom. The van der Waals surface area contributed by atoms with E-state index in [1.807, 2.05) is 0 Å². The second-order valence-electron chi connectivity index (χ2n) is 5.92. The van der Waals surface area contributed by atoms with Crippen molar-refractivity contribution in [2.45, 2.75) is 45.6 Å². The van der Waals surface area contributed by atoms with Crippen LogP contribution in [0.2, 0.25) is 0 Å². The number of esters is 1. The van der Waals surface area contributed by atoms with Gasteiger partial charge in [0.2, 0.25) is 5.78 Å². The molecule has 1 aliphatic rings. The number of hydrogen-bond acceptors (Lipinski definition) is 4. The highest BCUT2D eigenvalue weighted by atomic mass is 19.2. The maximum absolute atomic E-state index is 13.9. The van der Waals surface area contributed by atoms with Crippen molar-refractivity contribution in [2.75, 3.05) is 6.61 Å². The van der Waals surface area contributed by atoms with Gasteiger partial charge in [0, 0.05) is 17.8 Å². The number of hydrogen-bond donors (Lipinski definition) is 1. The Morgan fingerprint density at radius 1 is 1.12 bits per heavy atom. The van der Waals surface area contributed by atoms with E-state index in [9.17, 15) is 22.8 Å². The van der Waals surface area contributed by atoms with Crippen molar-refractivity contribution in [3.8, 4) is 0 Å². The predicted molar refractivity (Wildman–Crippen MR) is 85.4 cm³/mol. The van der Waals surface area contributed by atoms with Crippen molar-refractivity contribution in [3.05, 3.63) is 46.4 Å². The van der Waals surface area contributed by atoms with Crippen LogP contribution in [0.25, 0.3) is 0 Å². The number of allylic oxidation sites excluding steroid dienone is 1. The van der Waals surface area contributed by atoms with Crippen molar-refractivity contribution in [3.63, 3.8) is 0 Å². The Balaban J connectivity index is 2.42. The number of Topliss-reactive ketones (excluding diaryl/α,β-unsaturated/α-hetero) is 1. The quantitative estimate of drug-likeness (QED) is 0.211.